The fraction of sp³-hybridized carbons (Fsp3) is 0.0769. The monoisotopic (exact) mass is 249 g/mol. The van der Waals surface area contributed by atoms with Gasteiger partial charge in [0.15, 0.2) is 0 Å². The van der Waals surface area contributed by atoms with E-state index < -0.39 is 0 Å². The lowest BCUT2D eigenvalue weighted by Gasteiger charge is -2.04. The van der Waals surface area contributed by atoms with Crippen molar-refractivity contribution in [2.75, 3.05) is 5.73 Å². The summed E-state index contributed by atoms with van der Waals surface area (Å²) in [6.45, 7) is 0. The Morgan fingerprint density at radius 2 is 1.69 bits per heavy atom. The van der Waals surface area contributed by atoms with Crippen LogP contribution in [-0.2, 0) is 5.75 Å². The molecule has 0 atom stereocenters. The van der Waals surface area contributed by atoms with Gasteiger partial charge in [0.1, 0.15) is 0 Å². The summed E-state index contributed by atoms with van der Waals surface area (Å²) in [5, 5.41) is 0.808. The molecular formula is C13H12ClNS. The highest BCUT2D eigenvalue weighted by Gasteiger charge is 2.00. The summed E-state index contributed by atoms with van der Waals surface area (Å²) < 4.78 is 0. The van der Waals surface area contributed by atoms with Crippen LogP contribution in [0.2, 0.25) is 5.02 Å². The van der Waals surface area contributed by atoms with E-state index in [-0.39, 0.29) is 0 Å². The molecule has 0 heterocycles. The first-order valence-electron chi connectivity index (χ1n) is 4.97. The Bertz CT molecular complexity index is 468. The molecule has 0 aromatic heterocycles. The first-order chi connectivity index (χ1) is 7.75. The van der Waals surface area contributed by atoms with Gasteiger partial charge in [-0.15, -0.1) is 11.8 Å². The molecule has 0 amide bonds. The zero-order valence-electron chi connectivity index (χ0n) is 8.69. The number of rotatable bonds is 3. The van der Waals surface area contributed by atoms with Gasteiger partial charge in [-0.3, -0.25) is 0 Å². The van der Waals surface area contributed by atoms with E-state index in [9.17, 15) is 0 Å². The summed E-state index contributed by atoms with van der Waals surface area (Å²) >= 11 is 7.81. The molecule has 2 aromatic rings. The van der Waals surface area contributed by atoms with E-state index in [0.29, 0.717) is 0 Å². The molecule has 0 aliphatic carbocycles. The van der Waals surface area contributed by atoms with Gasteiger partial charge in [0.05, 0.1) is 5.02 Å². The molecule has 0 spiro atoms. The van der Waals surface area contributed by atoms with Crippen LogP contribution in [0.4, 0.5) is 5.69 Å². The molecule has 0 fully saturated rings. The second-order valence-electron chi connectivity index (χ2n) is 3.46. The average molecular weight is 250 g/mol. The Hall–Kier alpha value is -1.12. The SMILES string of the molecule is Nc1ccc(CSc2ccccc2Cl)cc1. The largest absolute Gasteiger partial charge is 0.399 e. The summed E-state index contributed by atoms with van der Waals surface area (Å²) in [6.07, 6.45) is 0. The molecule has 2 aromatic carbocycles. The molecule has 3 heteroatoms. The van der Waals surface area contributed by atoms with Crippen molar-refractivity contribution in [3.05, 3.63) is 59.1 Å². The fourth-order valence-corrected chi connectivity index (χ4v) is 2.53. The third kappa shape index (κ3) is 2.94. The van der Waals surface area contributed by atoms with Crippen molar-refractivity contribution in [2.45, 2.75) is 10.6 Å². The van der Waals surface area contributed by atoms with Crippen molar-refractivity contribution in [3.63, 3.8) is 0 Å². The minimum absolute atomic E-state index is 0.798. The van der Waals surface area contributed by atoms with Gasteiger partial charge in [-0.25, -0.2) is 0 Å². The third-order valence-corrected chi connectivity index (χ3v) is 3.80. The Labute approximate surface area is 105 Å². The minimum Gasteiger partial charge on any atom is -0.399 e. The molecule has 1 nitrogen and oxygen atoms in total. The lowest BCUT2D eigenvalue weighted by Crippen LogP contribution is -1.85. The quantitative estimate of drug-likeness (QED) is 0.651. The summed E-state index contributed by atoms with van der Waals surface area (Å²) in [5.41, 5.74) is 7.68. The van der Waals surface area contributed by atoms with Gasteiger partial charge in [-0.1, -0.05) is 35.9 Å². The zero-order valence-corrected chi connectivity index (χ0v) is 10.3. The fourth-order valence-electron chi connectivity index (χ4n) is 1.34. The van der Waals surface area contributed by atoms with Gasteiger partial charge in [-0.05, 0) is 29.8 Å². The van der Waals surface area contributed by atoms with Crippen molar-refractivity contribution in [1.82, 2.24) is 0 Å². The van der Waals surface area contributed by atoms with Crippen LogP contribution in [0.3, 0.4) is 0 Å². The molecule has 16 heavy (non-hydrogen) atoms. The van der Waals surface area contributed by atoms with Crippen LogP contribution in [0.1, 0.15) is 5.56 Å². The maximum absolute atomic E-state index is 6.07. The zero-order chi connectivity index (χ0) is 11.4. The number of nitrogen functional groups attached to an aromatic ring is 1. The molecule has 0 aliphatic rings. The maximum atomic E-state index is 6.07. The Morgan fingerprint density at radius 1 is 1.00 bits per heavy atom. The number of nitrogens with two attached hydrogens (primary N) is 1. The normalized spacial score (nSPS) is 10.3. The van der Waals surface area contributed by atoms with Gasteiger partial charge < -0.3 is 5.73 Å². The van der Waals surface area contributed by atoms with Crippen LogP contribution in [0, 0.1) is 0 Å². The maximum Gasteiger partial charge on any atom is 0.0541 e. The lowest BCUT2D eigenvalue weighted by atomic mass is 10.2. The predicted molar refractivity (Wildman–Crippen MR) is 71.9 cm³/mol. The lowest BCUT2D eigenvalue weighted by molar-refractivity contribution is 1.38. The first kappa shape index (κ1) is 11.4. The highest BCUT2D eigenvalue weighted by molar-refractivity contribution is 7.98. The molecule has 0 unspecified atom stereocenters. The molecule has 82 valence electrons. The van der Waals surface area contributed by atoms with Crippen LogP contribution in [0.5, 0.6) is 0 Å². The molecule has 0 saturated heterocycles. The number of anilines is 1. The Balaban J connectivity index is 2.02. The Morgan fingerprint density at radius 3 is 2.38 bits per heavy atom. The van der Waals surface area contributed by atoms with Gasteiger partial charge in [0, 0.05) is 16.3 Å². The topological polar surface area (TPSA) is 26.0 Å². The second-order valence-corrected chi connectivity index (χ2v) is 4.89. The molecule has 0 radical (unpaired) electrons. The summed E-state index contributed by atoms with van der Waals surface area (Å²) in [6, 6.07) is 15.8. The summed E-state index contributed by atoms with van der Waals surface area (Å²) in [5.74, 6) is 0.907. The van der Waals surface area contributed by atoms with Crippen molar-refractivity contribution in [1.29, 1.82) is 0 Å². The molecule has 2 N–H and O–H groups in total. The Kier molecular flexibility index (Phi) is 3.75. The van der Waals surface area contributed by atoms with E-state index in [1.807, 2.05) is 48.5 Å². The first-order valence-corrected chi connectivity index (χ1v) is 6.34. The number of hydrogen-bond acceptors (Lipinski definition) is 2. The van der Waals surface area contributed by atoms with E-state index in [2.05, 4.69) is 0 Å². The van der Waals surface area contributed by atoms with E-state index in [0.717, 1.165) is 21.4 Å². The average Bonchev–Trinajstić information content (AvgIpc) is 2.30. The highest BCUT2D eigenvalue weighted by Crippen LogP contribution is 2.29. The van der Waals surface area contributed by atoms with Gasteiger partial charge in [0.25, 0.3) is 0 Å². The van der Waals surface area contributed by atoms with Gasteiger partial charge in [0.2, 0.25) is 0 Å². The molecule has 0 saturated carbocycles. The number of benzene rings is 2. The van der Waals surface area contributed by atoms with Crippen LogP contribution in [-0.4, -0.2) is 0 Å². The van der Waals surface area contributed by atoms with E-state index >= 15 is 0 Å². The summed E-state index contributed by atoms with van der Waals surface area (Å²) in [7, 11) is 0. The molecular weight excluding hydrogens is 238 g/mol. The van der Waals surface area contributed by atoms with Crippen LogP contribution < -0.4 is 5.73 Å². The van der Waals surface area contributed by atoms with E-state index in [1.54, 1.807) is 11.8 Å². The van der Waals surface area contributed by atoms with Gasteiger partial charge in [-0.2, -0.15) is 0 Å². The number of halogens is 1. The van der Waals surface area contributed by atoms with Crippen molar-refractivity contribution >= 4 is 29.1 Å². The van der Waals surface area contributed by atoms with Gasteiger partial charge >= 0.3 is 0 Å². The number of hydrogen-bond donors (Lipinski definition) is 1. The highest BCUT2D eigenvalue weighted by atomic mass is 35.5. The van der Waals surface area contributed by atoms with Crippen LogP contribution in [0.15, 0.2) is 53.4 Å². The minimum atomic E-state index is 0.798. The van der Waals surface area contributed by atoms with Crippen molar-refractivity contribution in [2.24, 2.45) is 0 Å². The predicted octanol–water partition coefficient (Wildman–Crippen LogP) is 4.21. The van der Waals surface area contributed by atoms with Crippen molar-refractivity contribution < 1.29 is 0 Å². The smallest absolute Gasteiger partial charge is 0.0541 e. The standard InChI is InChI=1S/C13H12ClNS/c14-12-3-1-2-4-13(12)16-9-10-5-7-11(15)8-6-10/h1-8H,9,15H2. The third-order valence-electron chi connectivity index (χ3n) is 2.21. The molecule has 2 rings (SSSR count). The van der Waals surface area contributed by atoms with Crippen molar-refractivity contribution in [3.8, 4) is 0 Å². The number of thioether (sulfide) groups is 1. The molecule has 0 bridgehead atoms. The van der Waals surface area contributed by atoms with E-state index in [4.69, 9.17) is 17.3 Å². The van der Waals surface area contributed by atoms with Crippen LogP contribution >= 0.6 is 23.4 Å². The van der Waals surface area contributed by atoms with Crippen LogP contribution in [0.25, 0.3) is 0 Å². The van der Waals surface area contributed by atoms with E-state index in [1.165, 1.54) is 5.56 Å². The molecule has 0 aliphatic heterocycles. The summed E-state index contributed by atoms with van der Waals surface area (Å²) in [4.78, 5) is 1.11. The second kappa shape index (κ2) is 5.28.